The predicted octanol–water partition coefficient (Wildman–Crippen LogP) is 3.51. The lowest BCUT2D eigenvalue weighted by molar-refractivity contribution is -0.0173. The van der Waals surface area contributed by atoms with Gasteiger partial charge in [-0.25, -0.2) is 0 Å². The molecule has 0 saturated heterocycles. The maximum Gasteiger partial charge on any atom is 0.0850 e. The summed E-state index contributed by atoms with van der Waals surface area (Å²) in [6, 6.07) is 0. The highest BCUT2D eigenvalue weighted by molar-refractivity contribution is 6.31. The first-order valence-electron chi connectivity index (χ1n) is 7.38. The molecule has 1 saturated carbocycles. The molecule has 1 aromatic heterocycles. The smallest absolute Gasteiger partial charge is 0.0850 e. The van der Waals surface area contributed by atoms with Crippen molar-refractivity contribution in [3.63, 3.8) is 0 Å². The average Bonchev–Trinajstić information content (AvgIpc) is 2.67. The first kappa shape index (κ1) is 14.9. The highest BCUT2D eigenvalue weighted by atomic mass is 35.5. The molecule has 108 valence electrons. The van der Waals surface area contributed by atoms with Gasteiger partial charge in [0, 0.05) is 13.5 Å². The Kier molecular flexibility index (Phi) is 4.57. The second kappa shape index (κ2) is 5.84. The van der Waals surface area contributed by atoms with Crippen molar-refractivity contribution < 1.29 is 5.11 Å². The van der Waals surface area contributed by atoms with Crippen molar-refractivity contribution in [2.24, 2.45) is 13.0 Å². The van der Waals surface area contributed by atoms with Crippen LogP contribution in [0.3, 0.4) is 0 Å². The second-order valence-electron chi connectivity index (χ2n) is 6.05. The number of aliphatic hydroxyl groups is 1. The van der Waals surface area contributed by atoms with E-state index in [2.05, 4.69) is 12.0 Å². The number of nitrogens with zero attached hydrogens (tertiary/aromatic N) is 2. The molecule has 1 N–H and O–H groups in total. The van der Waals surface area contributed by atoms with Gasteiger partial charge in [0.2, 0.25) is 0 Å². The molecule has 1 unspecified atom stereocenters. The van der Waals surface area contributed by atoms with Crippen molar-refractivity contribution in [1.82, 2.24) is 9.78 Å². The average molecular weight is 285 g/mol. The first-order valence-corrected chi connectivity index (χ1v) is 7.76. The van der Waals surface area contributed by atoms with Crippen LogP contribution in [-0.4, -0.2) is 20.5 Å². The molecule has 2 rings (SSSR count). The van der Waals surface area contributed by atoms with E-state index in [0.29, 0.717) is 12.3 Å². The number of hydrogen-bond acceptors (Lipinski definition) is 2. The van der Waals surface area contributed by atoms with E-state index in [1.54, 1.807) is 0 Å². The van der Waals surface area contributed by atoms with Crippen molar-refractivity contribution in [2.45, 2.75) is 64.4 Å². The van der Waals surface area contributed by atoms with Crippen LogP contribution < -0.4 is 0 Å². The fraction of sp³-hybridized carbons (Fsp3) is 0.800. The third kappa shape index (κ3) is 3.14. The molecule has 0 aromatic carbocycles. The second-order valence-corrected chi connectivity index (χ2v) is 6.43. The Morgan fingerprint density at radius 3 is 2.53 bits per heavy atom. The third-order valence-electron chi connectivity index (χ3n) is 4.51. The van der Waals surface area contributed by atoms with Gasteiger partial charge in [0.05, 0.1) is 22.0 Å². The van der Waals surface area contributed by atoms with Gasteiger partial charge in [0.1, 0.15) is 0 Å². The van der Waals surface area contributed by atoms with Crippen molar-refractivity contribution in [1.29, 1.82) is 0 Å². The Labute approximate surface area is 121 Å². The molecule has 1 atom stereocenters. The summed E-state index contributed by atoms with van der Waals surface area (Å²) in [5.74, 6) is 0.386. The fourth-order valence-corrected chi connectivity index (χ4v) is 3.58. The van der Waals surface area contributed by atoms with Gasteiger partial charge in [-0.3, -0.25) is 4.68 Å². The minimum Gasteiger partial charge on any atom is -0.389 e. The molecular weight excluding hydrogens is 260 g/mol. The van der Waals surface area contributed by atoms with E-state index >= 15 is 0 Å². The third-order valence-corrected chi connectivity index (χ3v) is 4.95. The van der Waals surface area contributed by atoms with Crippen LogP contribution in [-0.2, 0) is 19.9 Å². The summed E-state index contributed by atoms with van der Waals surface area (Å²) in [5, 5.41) is 16.0. The number of aryl methyl sites for hydroxylation is 2. The number of aromatic nitrogens is 2. The highest BCUT2D eigenvalue weighted by Crippen LogP contribution is 2.36. The lowest BCUT2D eigenvalue weighted by Gasteiger charge is -2.35. The van der Waals surface area contributed by atoms with Gasteiger partial charge in [-0.1, -0.05) is 37.8 Å². The summed E-state index contributed by atoms with van der Waals surface area (Å²) in [7, 11) is 1.91. The van der Waals surface area contributed by atoms with Crippen LogP contribution in [0.15, 0.2) is 0 Å². The molecule has 1 heterocycles. The predicted molar refractivity (Wildman–Crippen MR) is 78.5 cm³/mol. The van der Waals surface area contributed by atoms with E-state index in [9.17, 15) is 5.11 Å². The Balaban J connectivity index is 2.17. The van der Waals surface area contributed by atoms with E-state index in [1.807, 2.05) is 18.7 Å². The van der Waals surface area contributed by atoms with Crippen molar-refractivity contribution in [3.8, 4) is 0 Å². The summed E-state index contributed by atoms with van der Waals surface area (Å²) < 4.78 is 1.83. The Hall–Kier alpha value is -0.540. The number of rotatable bonds is 4. The first-order chi connectivity index (χ1) is 8.95. The van der Waals surface area contributed by atoms with Gasteiger partial charge in [-0.15, -0.1) is 0 Å². The maximum atomic E-state index is 10.8. The van der Waals surface area contributed by atoms with E-state index in [0.717, 1.165) is 35.7 Å². The van der Waals surface area contributed by atoms with E-state index in [-0.39, 0.29) is 0 Å². The van der Waals surface area contributed by atoms with Crippen LogP contribution in [0.25, 0.3) is 0 Å². The number of hydrogen-bond donors (Lipinski definition) is 1. The molecule has 1 aliphatic rings. The van der Waals surface area contributed by atoms with E-state index in [4.69, 9.17) is 11.6 Å². The molecule has 0 spiro atoms. The molecular formula is C15H25ClN2O. The SMILES string of the molecule is CCc1nn(C)c(CC(C)(O)C2CCCCC2)c1Cl. The minimum atomic E-state index is -0.678. The minimum absolute atomic E-state index is 0.386. The maximum absolute atomic E-state index is 10.8. The standard InChI is InChI=1S/C15H25ClN2O/c1-4-12-14(16)13(18(3)17-12)10-15(2,19)11-8-6-5-7-9-11/h11,19H,4-10H2,1-3H3. The molecule has 19 heavy (non-hydrogen) atoms. The van der Waals surface area contributed by atoms with Gasteiger partial charge in [-0.05, 0) is 32.1 Å². The van der Waals surface area contributed by atoms with Gasteiger partial charge in [0.25, 0.3) is 0 Å². The Morgan fingerprint density at radius 1 is 1.37 bits per heavy atom. The van der Waals surface area contributed by atoms with Crippen molar-refractivity contribution in [3.05, 3.63) is 16.4 Å². The fourth-order valence-electron chi connectivity index (χ4n) is 3.22. The molecule has 0 amide bonds. The zero-order valence-corrected chi connectivity index (χ0v) is 13.0. The summed E-state index contributed by atoms with van der Waals surface area (Å²) >= 11 is 6.38. The molecule has 1 aliphatic carbocycles. The van der Waals surface area contributed by atoms with Crippen molar-refractivity contribution in [2.75, 3.05) is 0 Å². The summed E-state index contributed by atoms with van der Waals surface area (Å²) in [4.78, 5) is 0. The van der Waals surface area contributed by atoms with Gasteiger partial charge < -0.3 is 5.11 Å². The van der Waals surface area contributed by atoms with Crippen LogP contribution in [0.5, 0.6) is 0 Å². The summed E-state index contributed by atoms with van der Waals surface area (Å²) in [6.45, 7) is 4.01. The zero-order valence-electron chi connectivity index (χ0n) is 12.2. The van der Waals surface area contributed by atoms with E-state index in [1.165, 1.54) is 19.3 Å². The Bertz CT molecular complexity index is 434. The topological polar surface area (TPSA) is 38.0 Å². The Morgan fingerprint density at radius 2 is 2.00 bits per heavy atom. The largest absolute Gasteiger partial charge is 0.389 e. The summed E-state index contributed by atoms with van der Waals surface area (Å²) in [5.41, 5.74) is 1.22. The zero-order chi connectivity index (χ0) is 14.0. The van der Waals surface area contributed by atoms with E-state index < -0.39 is 5.60 Å². The van der Waals surface area contributed by atoms with Crippen LogP contribution in [0.4, 0.5) is 0 Å². The molecule has 0 aliphatic heterocycles. The lowest BCUT2D eigenvalue weighted by Crippen LogP contribution is -2.38. The van der Waals surface area contributed by atoms with Crippen LogP contribution in [0, 0.1) is 5.92 Å². The molecule has 4 heteroatoms. The van der Waals surface area contributed by atoms with Crippen LogP contribution >= 0.6 is 11.6 Å². The van der Waals surface area contributed by atoms with Gasteiger partial charge in [0.15, 0.2) is 0 Å². The summed E-state index contributed by atoms with van der Waals surface area (Å²) in [6.07, 6.45) is 7.46. The van der Waals surface area contributed by atoms with Gasteiger partial charge in [-0.2, -0.15) is 5.10 Å². The molecule has 0 bridgehead atoms. The van der Waals surface area contributed by atoms with Gasteiger partial charge >= 0.3 is 0 Å². The monoisotopic (exact) mass is 284 g/mol. The van der Waals surface area contributed by atoms with Crippen LogP contribution in [0.2, 0.25) is 5.02 Å². The highest BCUT2D eigenvalue weighted by Gasteiger charge is 2.34. The van der Waals surface area contributed by atoms with Crippen LogP contribution in [0.1, 0.15) is 57.3 Å². The number of halogens is 1. The lowest BCUT2D eigenvalue weighted by atomic mass is 9.76. The molecule has 1 aromatic rings. The molecule has 3 nitrogen and oxygen atoms in total. The normalized spacial score (nSPS) is 20.5. The van der Waals surface area contributed by atoms with Crippen molar-refractivity contribution >= 4 is 11.6 Å². The quantitative estimate of drug-likeness (QED) is 0.919. The molecule has 0 radical (unpaired) electrons. The molecule has 1 fully saturated rings.